The molecule has 0 bridgehead atoms. The number of rotatable bonds is 6. The van der Waals surface area contributed by atoms with Crippen LogP contribution in [0.2, 0.25) is 0 Å². The lowest BCUT2D eigenvalue weighted by Gasteiger charge is -2.44. The minimum Gasteiger partial charge on any atom is -0.466 e. The molecule has 7 heteroatoms. The normalized spacial score (nSPS) is 30.9. The lowest BCUT2D eigenvalue weighted by Crippen LogP contribution is -2.49. The summed E-state index contributed by atoms with van der Waals surface area (Å²) < 4.78 is 22.5. The third-order valence-corrected chi connectivity index (χ3v) is 8.33. The van der Waals surface area contributed by atoms with Gasteiger partial charge in [0, 0.05) is 50.7 Å². The zero-order valence-electron chi connectivity index (χ0n) is 20.9. The molecule has 0 saturated carbocycles. The summed E-state index contributed by atoms with van der Waals surface area (Å²) >= 11 is 0. The summed E-state index contributed by atoms with van der Waals surface area (Å²) in [6.45, 7) is 1.79. The monoisotopic (exact) mass is 488 g/mol. The molecule has 0 amide bonds. The largest absolute Gasteiger partial charge is 0.466 e. The molecule has 1 N–H and O–H groups in total. The second-order valence-electron chi connectivity index (χ2n) is 9.91. The van der Waals surface area contributed by atoms with Gasteiger partial charge in [-0.3, -0.25) is 4.90 Å². The standard InChI is InChI=1S/C29H32N2O5/c1-33-24-16-20(28(35-3)36-24)19-15-23-29(13-14-31(23)17-18-9-5-4-6-10-18)21-11-7-8-12-22(21)30-26(29)25(19)27(32)34-2/h4-12,16,19,23-24,28,30H,13-15,17H2,1-3H3. The topological polar surface area (TPSA) is 69.3 Å². The number of carbonyl (C=O) groups is 1. The molecule has 6 rings (SSSR count). The fourth-order valence-electron chi connectivity index (χ4n) is 6.83. The zero-order valence-corrected chi connectivity index (χ0v) is 20.9. The Morgan fingerprint density at radius 1 is 1.08 bits per heavy atom. The number of likely N-dealkylation sites (tertiary alicyclic amines) is 1. The Balaban J connectivity index is 1.52. The number of carbonyl (C=O) groups excluding carboxylic acids is 1. The summed E-state index contributed by atoms with van der Waals surface area (Å²) in [6.07, 6.45) is 2.54. The van der Waals surface area contributed by atoms with Gasteiger partial charge in [-0.05, 0) is 41.7 Å². The molecule has 7 nitrogen and oxygen atoms in total. The molecule has 1 saturated heterocycles. The van der Waals surface area contributed by atoms with Crippen molar-refractivity contribution in [1.82, 2.24) is 4.90 Å². The van der Waals surface area contributed by atoms with Crippen LogP contribution in [0.25, 0.3) is 0 Å². The third-order valence-electron chi connectivity index (χ3n) is 8.33. The molecular weight excluding hydrogens is 456 g/mol. The minimum atomic E-state index is -0.583. The van der Waals surface area contributed by atoms with Crippen LogP contribution in [0.4, 0.5) is 5.69 Å². The highest BCUT2D eigenvalue weighted by molar-refractivity contribution is 5.94. The maximum absolute atomic E-state index is 13.5. The molecule has 0 radical (unpaired) electrons. The molecule has 2 aromatic carbocycles. The van der Waals surface area contributed by atoms with Crippen LogP contribution in [0.1, 0.15) is 24.0 Å². The van der Waals surface area contributed by atoms with Gasteiger partial charge in [-0.15, -0.1) is 0 Å². The Kier molecular flexibility index (Phi) is 5.96. The van der Waals surface area contributed by atoms with Crippen molar-refractivity contribution >= 4 is 11.7 Å². The number of ether oxygens (including phenoxy) is 4. The Morgan fingerprint density at radius 3 is 2.61 bits per heavy atom. The molecular formula is C29H32N2O5. The van der Waals surface area contributed by atoms with Crippen molar-refractivity contribution in [2.45, 2.75) is 43.4 Å². The second-order valence-corrected chi connectivity index (χ2v) is 9.91. The van der Waals surface area contributed by atoms with E-state index in [4.69, 9.17) is 18.9 Å². The highest BCUT2D eigenvalue weighted by atomic mass is 16.8. The van der Waals surface area contributed by atoms with E-state index in [1.54, 1.807) is 14.2 Å². The van der Waals surface area contributed by atoms with Crippen molar-refractivity contribution in [2.24, 2.45) is 5.92 Å². The lowest BCUT2D eigenvalue weighted by molar-refractivity contribution is -0.178. The average molecular weight is 489 g/mol. The van der Waals surface area contributed by atoms with Gasteiger partial charge in [0.15, 0.2) is 12.6 Å². The molecule has 3 heterocycles. The number of nitrogens with one attached hydrogen (secondary N) is 1. The van der Waals surface area contributed by atoms with Crippen molar-refractivity contribution in [2.75, 3.05) is 33.2 Å². The predicted molar refractivity (Wildman–Crippen MR) is 135 cm³/mol. The van der Waals surface area contributed by atoms with Crippen molar-refractivity contribution < 1.29 is 23.7 Å². The summed E-state index contributed by atoms with van der Waals surface area (Å²) in [4.78, 5) is 16.0. The quantitative estimate of drug-likeness (QED) is 0.487. The van der Waals surface area contributed by atoms with Crippen molar-refractivity contribution in [3.8, 4) is 0 Å². The van der Waals surface area contributed by atoms with Gasteiger partial charge < -0.3 is 24.3 Å². The van der Waals surface area contributed by atoms with Crippen LogP contribution < -0.4 is 5.32 Å². The van der Waals surface area contributed by atoms with Crippen molar-refractivity contribution in [1.29, 1.82) is 0 Å². The molecule has 3 aliphatic heterocycles. The lowest BCUT2D eigenvalue weighted by atomic mass is 9.63. The van der Waals surface area contributed by atoms with Gasteiger partial charge in [-0.25, -0.2) is 4.79 Å². The van der Waals surface area contributed by atoms with Crippen LogP contribution in [-0.4, -0.2) is 57.4 Å². The smallest absolute Gasteiger partial charge is 0.336 e. The predicted octanol–water partition coefficient (Wildman–Crippen LogP) is 3.97. The number of anilines is 1. The Morgan fingerprint density at radius 2 is 1.86 bits per heavy atom. The number of benzene rings is 2. The van der Waals surface area contributed by atoms with E-state index >= 15 is 0 Å². The highest BCUT2D eigenvalue weighted by Gasteiger charge is 2.60. The molecule has 1 aliphatic carbocycles. The Bertz CT molecular complexity index is 1230. The van der Waals surface area contributed by atoms with Crippen LogP contribution in [0.15, 0.2) is 77.5 Å². The zero-order chi connectivity index (χ0) is 24.9. The van der Waals surface area contributed by atoms with Gasteiger partial charge in [0.05, 0.1) is 18.1 Å². The molecule has 36 heavy (non-hydrogen) atoms. The molecule has 188 valence electrons. The van der Waals surface area contributed by atoms with E-state index in [0.717, 1.165) is 42.9 Å². The first kappa shape index (κ1) is 23.4. The summed E-state index contributed by atoms with van der Waals surface area (Å²) in [6, 6.07) is 19.2. The number of methoxy groups -OCH3 is 3. The van der Waals surface area contributed by atoms with Crippen LogP contribution in [0, 0.1) is 5.92 Å². The first-order chi connectivity index (χ1) is 17.6. The fraction of sp³-hybridized carbons (Fsp3) is 0.414. The van der Waals surface area contributed by atoms with E-state index in [1.165, 1.54) is 18.2 Å². The number of hydrogen-bond acceptors (Lipinski definition) is 7. The third kappa shape index (κ3) is 3.45. The van der Waals surface area contributed by atoms with E-state index in [9.17, 15) is 4.79 Å². The second kappa shape index (κ2) is 9.16. The summed E-state index contributed by atoms with van der Waals surface area (Å²) in [5, 5.41) is 3.67. The molecule has 4 aliphatic rings. The first-order valence-corrected chi connectivity index (χ1v) is 12.5. The maximum Gasteiger partial charge on any atom is 0.336 e. The van der Waals surface area contributed by atoms with Crippen LogP contribution in [0.5, 0.6) is 0 Å². The molecule has 5 unspecified atom stereocenters. The van der Waals surface area contributed by atoms with E-state index in [2.05, 4.69) is 58.7 Å². The number of nitrogens with zero attached hydrogens (tertiary/aromatic N) is 1. The van der Waals surface area contributed by atoms with Gasteiger partial charge >= 0.3 is 5.97 Å². The highest BCUT2D eigenvalue weighted by Crippen LogP contribution is 2.60. The molecule has 5 atom stereocenters. The maximum atomic E-state index is 13.5. The van der Waals surface area contributed by atoms with Gasteiger partial charge in [-0.1, -0.05) is 48.5 Å². The Hall–Kier alpha value is -2.97. The number of hydrogen-bond donors (Lipinski definition) is 1. The van der Waals surface area contributed by atoms with Gasteiger partial charge in [0.1, 0.15) is 0 Å². The number of fused-ring (bicyclic) bond motifs is 1. The van der Waals surface area contributed by atoms with Crippen LogP contribution in [-0.2, 0) is 35.7 Å². The van der Waals surface area contributed by atoms with Gasteiger partial charge in [0.25, 0.3) is 0 Å². The number of para-hydroxylation sites is 1. The summed E-state index contributed by atoms with van der Waals surface area (Å²) in [5.74, 6) is -0.542. The summed E-state index contributed by atoms with van der Waals surface area (Å²) in [5.41, 5.74) is 5.85. The van der Waals surface area contributed by atoms with Gasteiger partial charge in [-0.2, -0.15) is 0 Å². The number of esters is 1. The SMILES string of the molecule is COC(=O)C1=C2Nc3ccccc3C23CCN(Cc2ccccc2)C3CC1C1=CC(OC)OC1OC. The molecule has 2 aromatic rings. The van der Waals surface area contributed by atoms with Crippen molar-refractivity contribution in [3.05, 3.63) is 88.6 Å². The molecule has 1 spiro atoms. The van der Waals surface area contributed by atoms with E-state index in [1.807, 2.05) is 12.1 Å². The minimum absolute atomic E-state index is 0.183. The van der Waals surface area contributed by atoms with Gasteiger partial charge in [0.2, 0.25) is 0 Å². The first-order valence-electron chi connectivity index (χ1n) is 12.5. The van der Waals surface area contributed by atoms with E-state index < -0.39 is 12.6 Å². The van der Waals surface area contributed by atoms with E-state index in [0.29, 0.717) is 5.57 Å². The average Bonchev–Trinajstić information content (AvgIpc) is 3.60. The molecule has 0 aromatic heterocycles. The van der Waals surface area contributed by atoms with Crippen LogP contribution in [0.3, 0.4) is 0 Å². The Labute approximate surface area is 211 Å². The van der Waals surface area contributed by atoms with Crippen LogP contribution >= 0.6 is 0 Å². The van der Waals surface area contributed by atoms with Crippen molar-refractivity contribution in [3.63, 3.8) is 0 Å². The fourth-order valence-corrected chi connectivity index (χ4v) is 6.83. The summed E-state index contributed by atoms with van der Waals surface area (Å²) in [7, 11) is 4.68. The molecule has 1 fully saturated rings. The van der Waals surface area contributed by atoms with E-state index in [-0.39, 0.29) is 23.3 Å².